The van der Waals surface area contributed by atoms with Gasteiger partial charge in [-0.25, -0.2) is 0 Å². The summed E-state index contributed by atoms with van der Waals surface area (Å²) in [6, 6.07) is 9.34. The van der Waals surface area contributed by atoms with E-state index in [2.05, 4.69) is 0 Å². The maximum atomic E-state index is 11.9. The zero-order valence-corrected chi connectivity index (χ0v) is 15.0. The van der Waals surface area contributed by atoms with Gasteiger partial charge in [0.15, 0.2) is 34.6 Å². The highest BCUT2D eigenvalue weighted by Gasteiger charge is 2.06. The predicted molar refractivity (Wildman–Crippen MR) is 102 cm³/mol. The number of hydrogen-bond acceptors (Lipinski definition) is 6. The van der Waals surface area contributed by atoms with Crippen LogP contribution in [0.15, 0.2) is 48.6 Å². The lowest BCUT2D eigenvalue weighted by atomic mass is 10.1. The minimum Gasteiger partial charge on any atom is -0.504 e. The summed E-state index contributed by atoms with van der Waals surface area (Å²) in [5.74, 6) is -0.0832. The van der Waals surface area contributed by atoms with Crippen LogP contribution in [0.2, 0.25) is 0 Å². The number of ketones is 2. The Kier molecular flexibility index (Phi) is 6.77. The van der Waals surface area contributed by atoms with Gasteiger partial charge in [-0.1, -0.05) is 24.3 Å². The third-order valence-electron chi connectivity index (χ3n) is 3.68. The van der Waals surface area contributed by atoms with E-state index in [1.807, 2.05) is 0 Å². The molecular weight excluding hydrogens is 349 g/mol. The molecule has 2 aromatic rings. The Labute approximate surface area is 157 Å². The second-order valence-electron chi connectivity index (χ2n) is 5.64. The van der Waals surface area contributed by atoms with Crippen LogP contribution in [-0.2, 0) is 9.59 Å². The molecule has 0 aliphatic rings. The summed E-state index contributed by atoms with van der Waals surface area (Å²) in [7, 11) is 2.87. The highest BCUT2D eigenvalue weighted by atomic mass is 16.5. The van der Waals surface area contributed by atoms with E-state index >= 15 is 0 Å². The van der Waals surface area contributed by atoms with E-state index in [1.54, 1.807) is 36.4 Å². The van der Waals surface area contributed by atoms with Crippen LogP contribution in [0, 0.1) is 0 Å². The third-order valence-corrected chi connectivity index (χ3v) is 3.68. The zero-order chi connectivity index (χ0) is 19.8. The van der Waals surface area contributed by atoms with E-state index in [-0.39, 0.29) is 29.5 Å². The van der Waals surface area contributed by atoms with Gasteiger partial charge in [-0.15, -0.1) is 0 Å². The first-order valence-electron chi connectivity index (χ1n) is 8.08. The number of aromatic hydroxyl groups is 2. The third kappa shape index (κ3) is 5.74. The van der Waals surface area contributed by atoms with Crippen molar-refractivity contribution in [1.29, 1.82) is 0 Å². The molecule has 0 aromatic heterocycles. The molecule has 0 heterocycles. The number of carbonyl (C=O) groups excluding carboxylic acids is 2. The molecule has 0 radical (unpaired) electrons. The highest BCUT2D eigenvalue weighted by molar-refractivity contribution is 6.10. The first-order valence-corrected chi connectivity index (χ1v) is 8.08. The summed E-state index contributed by atoms with van der Waals surface area (Å²) in [6.45, 7) is 0. The molecule has 6 heteroatoms. The molecule has 0 spiro atoms. The van der Waals surface area contributed by atoms with E-state index < -0.39 is 0 Å². The van der Waals surface area contributed by atoms with Gasteiger partial charge >= 0.3 is 0 Å². The largest absolute Gasteiger partial charge is 0.504 e. The maximum Gasteiger partial charge on any atom is 0.163 e. The van der Waals surface area contributed by atoms with Gasteiger partial charge in [0, 0.05) is 0 Å². The van der Waals surface area contributed by atoms with Gasteiger partial charge in [0.25, 0.3) is 0 Å². The molecule has 140 valence electrons. The summed E-state index contributed by atoms with van der Waals surface area (Å²) in [4.78, 5) is 23.9. The van der Waals surface area contributed by atoms with Crippen molar-refractivity contribution in [3.05, 3.63) is 59.7 Å². The van der Waals surface area contributed by atoms with Gasteiger partial charge in [0.05, 0.1) is 20.6 Å². The fourth-order valence-corrected chi connectivity index (χ4v) is 2.26. The normalized spacial score (nSPS) is 11.0. The summed E-state index contributed by atoms with van der Waals surface area (Å²) >= 11 is 0. The van der Waals surface area contributed by atoms with Crippen molar-refractivity contribution in [3.63, 3.8) is 0 Å². The van der Waals surface area contributed by atoms with Crippen molar-refractivity contribution in [2.24, 2.45) is 0 Å². The molecule has 0 unspecified atom stereocenters. The Hall–Kier alpha value is -3.54. The van der Waals surface area contributed by atoms with Crippen LogP contribution >= 0.6 is 0 Å². The molecule has 0 fully saturated rings. The van der Waals surface area contributed by atoms with Crippen LogP contribution in [0.1, 0.15) is 17.5 Å². The van der Waals surface area contributed by atoms with Crippen LogP contribution in [0.5, 0.6) is 23.0 Å². The Morgan fingerprint density at radius 1 is 0.815 bits per heavy atom. The second kappa shape index (κ2) is 9.24. The average molecular weight is 369 g/mol. The zero-order valence-electron chi connectivity index (χ0n) is 15.0. The van der Waals surface area contributed by atoms with Crippen LogP contribution in [0.25, 0.3) is 12.2 Å². The number of phenols is 2. The summed E-state index contributed by atoms with van der Waals surface area (Å²) in [5.41, 5.74) is 1.33. The molecule has 2 rings (SSSR count). The number of allylic oxidation sites excluding steroid dienone is 2. The number of benzene rings is 2. The Bertz CT molecular complexity index is 822. The van der Waals surface area contributed by atoms with Crippen LogP contribution in [-0.4, -0.2) is 36.0 Å². The number of hydrogen-bond donors (Lipinski definition) is 2. The van der Waals surface area contributed by atoms with Crippen molar-refractivity contribution in [2.75, 3.05) is 14.2 Å². The van der Waals surface area contributed by atoms with Crippen molar-refractivity contribution in [2.45, 2.75) is 6.42 Å². The van der Waals surface area contributed by atoms with E-state index in [0.717, 1.165) is 0 Å². The highest BCUT2D eigenvalue weighted by Crippen LogP contribution is 2.27. The number of methoxy groups -OCH3 is 2. The molecule has 0 saturated heterocycles. The monoisotopic (exact) mass is 369 g/mol. The van der Waals surface area contributed by atoms with E-state index in [0.29, 0.717) is 22.6 Å². The quantitative estimate of drug-likeness (QED) is 0.421. The molecule has 0 aliphatic carbocycles. The van der Waals surface area contributed by atoms with Gasteiger partial charge in [-0.2, -0.15) is 0 Å². The standard InChI is InChI=1S/C21H20O6/c1-26-20-11-14(5-9-18(20)24)3-7-16(22)13-17(23)8-4-15-6-10-19(25)21(12-15)27-2/h3-12,24-25H,13H2,1-2H3/b7-3+,8-4+/i16+1. The van der Waals surface area contributed by atoms with E-state index in [4.69, 9.17) is 9.47 Å². The lowest BCUT2D eigenvalue weighted by molar-refractivity contribution is -0.121. The number of phenolic OH excluding ortho intramolecular Hbond substituents is 2. The van der Waals surface area contributed by atoms with Crippen LogP contribution in [0.3, 0.4) is 0 Å². The topological polar surface area (TPSA) is 93.1 Å². The van der Waals surface area contributed by atoms with Crippen molar-refractivity contribution >= 4 is 23.7 Å². The van der Waals surface area contributed by atoms with Crippen molar-refractivity contribution < 1.29 is 29.3 Å². The van der Waals surface area contributed by atoms with E-state index in [1.165, 1.54) is 38.5 Å². The summed E-state index contributed by atoms with van der Waals surface area (Å²) in [6.07, 6.45) is 5.44. The lowest BCUT2D eigenvalue weighted by Gasteiger charge is -2.03. The SMILES string of the molecule is COc1cc(/C=C/C(=O)C[13C](=O)/C=C/c2ccc(O)c(OC)c2)ccc1O. The molecule has 2 aromatic carbocycles. The first-order chi connectivity index (χ1) is 12.9. The molecular formula is C21H20O6. The fraction of sp³-hybridized carbons (Fsp3) is 0.143. The smallest absolute Gasteiger partial charge is 0.163 e. The van der Waals surface area contributed by atoms with Crippen LogP contribution in [0.4, 0.5) is 0 Å². The summed E-state index contributed by atoms with van der Waals surface area (Å²) in [5, 5.41) is 19.1. The lowest BCUT2D eigenvalue weighted by Crippen LogP contribution is -2.01. The molecule has 0 bridgehead atoms. The van der Waals surface area contributed by atoms with Gasteiger partial charge in [-0.05, 0) is 47.5 Å². The Balaban J connectivity index is 1.96. The number of rotatable bonds is 8. The Morgan fingerprint density at radius 3 is 1.59 bits per heavy atom. The van der Waals surface area contributed by atoms with E-state index in [9.17, 15) is 19.8 Å². The summed E-state index contributed by atoms with van der Waals surface area (Å²) < 4.78 is 10.00. The maximum absolute atomic E-state index is 11.9. The van der Waals surface area contributed by atoms with Gasteiger partial charge in [0.2, 0.25) is 0 Å². The Morgan fingerprint density at radius 2 is 1.22 bits per heavy atom. The van der Waals surface area contributed by atoms with Gasteiger partial charge < -0.3 is 19.7 Å². The first kappa shape index (κ1) is 19.8. The predicted octanol–water partition coefficient (Wildman–Crippen LogP) is 3.37. The molecule has 2 N–H and O–H groups in total. The molecule has 0 aliphatic heterocycles. The number of carbonyl (C=O) groups is 2. The van der Waals surface area contributed by atoms with Crippen LogP contribution < -0.4 is 9.47 Å². The molecule has 27 heavy (non-hydrogen) atoms. The second-order valence-corrected chi connectivity index (χ2v) is 5.64. The van der Waals surface area contributed by atoms with Gasteiger partial charge in [-0.3, -0.25) is 9.59 Å². The average Bonchev–Trinajstić information content (AvgIpc) is 2.66. The van der Waals surface area contributed by atoms with Crippen molar-refractivity contribution in [1.82, 2.24) is 0 Å². The van der Waals surface area contributed by atoms with Crippen molar-refractivity contribution in [3.8, 4) is 23.0 Å². The molecule has 0 saturated carbocycles. The minimum atomic E-state index is -0.347. The fourth-order valence-electron chi connectivity index (χ4n) is 2.26. The molecule has 6 nitrogen and oxygen atoms in total. The molecule has 0 atom stereocenters. The molecule has 0 amide bonds. The number of ether oxygens (including phenoxy) is 2. The minimum absolute atomic E-state index is 0.00662. The van der Waals surface area contributed by atoms with Gasteiger partial charge in [0.1, 0.15) is 0 Å².